The molecule has 82 valence electrons. The summed E-state index contributed by atoms with van der Waals surface area (Å²) >= 11 is 0. The molecule has 0 fully saturated rings. The maximum atomic E-state index is 12.9. The highest BCUT2D eigenvalue weighted by atomic mass is 19.1. The number of carbonyl (C=O) groups is 1. The van der Waals surface area contributed by atoms with Gasteiger partial charge in [0, 0.05) is 11.6 Å². The van der Waals surface area contributed by atoms with Gasteiger partial charge in [0.05, 0.1) is 11.0 Å². The van der Waals surface area contributed by atoms with Gasteiger partial charge in [-0.05, 0) is 6.07 Å². The number of carboxylic acids is 1. The van der Waals surface area contributed by atoms with E-state index in [-0.39, 0.29) is 5.56 Å². The monoisotopic (exact) mass is 223 g/mol. The van der Waals surface area contributed by atoms with Crippen LogP contribution in [0.4, 0.5) is 10.1 Å². The van der Waals surface area contributed by atoms with Gasteiger partial charge < -0.3 is 5.11 Å². The minimum absolute atomic E-state index is 0.0768. The number of carboxylic acid groups (broad SMARTS) is 1. The van der Waals surface area contributed by atoms with Gasteiger partial charge in [0.25, 0.3) is 5.69 Å². The van der Waals surface area contributed by atoms with E-state index in [9.17, 15) is 19.3 Å². The molecule has 1 aromatic carbocycles. The van der Waals surface area contributed by atoms with Crippen LogP contribution in [0, 0.1) is 27.8 Å². The second-order valence-corrected chi connectivity index (χ2v) is 2.83. The number of non-ortho nitro benzene ring substituents is 1. The zero-order valence-electron chi connectivity index (χ0n) is 7.94. The Morgan fingerprint density at radius 2 is 2.19 bits per heavy atom. The lowest BCUT2D eigenvalue weighted by molar-refractivity contribution is -0.385. The molecule has 0 aliphatic rings. The fourth-order valence-electron chi connectivity index (χ4n) is 0.974. The SMILES string of the molecule is O=C(O)CC#Cc1cc(F)cc([N+](=O)[O-])c1. The second-order valence-electron chi connectivity index (χ2n) is 2.83. The van der Waals surface area contributed by atoms with E-state index in [1.165, 1.54) is 0 Å². The summed E-state index contributed by atoms with van der Waals surface area (Å²) in [4.78, 5) is 19.8. The van der Waals surface area contributed by atoms with Crippen molar-refractivity contribution in [1.29, 1.82) is 0 Å². The van der Waals surface area contributed by atoms with Gasteiger partial charge in [0.2, 0.25) is 0 Å². The Hall–Kier alpha value is -2.42. The van der Waals surface area contributed by atoms with E-state index in [2.05, 4.69) is 11.8 Å². The molecule has 0 atom stereocenters. The van der Waals surface area contributed by atoms with Gasteiger partial charge in [-0.15, -0.1) is 0 Å². The standard InChI is InChI=1S/C10H6FNO4/c11-8-4-7(2-1-3-10(13)14)5-9(6-8)12(15)16/h4-6H,3H2,(H,13,14). The van der Waals surface area contributed by atoms with Crippen molar-refractivity contribution in [2.24, 2.45) is 0 Å². The van der Waals surface area contributed by atoms with Crippen molar-refractivity contribution in [2.45, 2.75) is 6.42 Å². The minimum atomic E-state index is -1.11. The Balaban J connectivity index is 2.99. The molecule has 1 N–H and O–H groups in total. The number of halogens is 1. The molecule has 0 saturated carbocycles. The fraction of sp³-hybridized carbons (Fsp3) is 0.100. The fourth-order valence-corrected chi connectivity index (χ4v) is 0.974. The van der Waals surface area contributed by atoms with Crippen molar-refractivity contribution in [1.82, 2.24) is 0 Å². The van der Waals surface area contributed by atoms with Crippen molar-refractivity contribution >= 4 is 11.7 Å². The number of benzene rings is 1. The third-order valence-corrected chi connectivity index (χ3v) is 1.57. The molecular formula is C10H6FNO4. The zero-order chi connectivity index (χ0) is 12.1. The second kappa shape index (κ2) is 4.89. The number of hydrogen-bond donors (Lipinski definition) is 1. The van der Waals surface area contributed by atoms with Gasteiger partial charge in [-0.2, -0.15) is 0 Å². The van der Waals surface area contributed by atoms with Crippen molar-refractivity contribution in [3.05, 3.63) is 39.7 Å². The van der Waals surface area contributed by atoms with E-state index in [4.69, 9.17) is 5.11 Å². The number of rotatable bonds is 2. The lowest BCUT2D eigenvalue weighted by Crippen LogP contribution is -1.92. The van der Waals surface area contributed by atoms with Crippen LogP contribution in [0.1, 0.15) is 12.0 Å². The highest BCUT2D eigenvalue weighted by Gasteiger charge is 2.08. The highest BCUT2D eigenvalue weighted by Crippen LogP contribution is 2.15. The van der Waals surface area contributed by atoms with Gasteiger partial charge in [0.15, 0.2) is 0 Å². The summed E-state index contributed by atoms with van der Waals surface area (Å²) in [6, 6.07) is 2.85. The maximum absolute atomic E-state index is 12.9. The van der Waals surface area contributed by atoms with Gasteiger partial charge in [-0.25, -0.2) is 4.39 Å². The molecule has 5 nitrogen and oxygen atoms in total. The molecule has 16 heavy (non-hydrogen) atoms. The summed E-state index contributed by atoms with van der Waals surface area (Å²) in [5, 5.41) is 18.7. The molecule has 0 aromatic heterocycles. The van der Waals surface area contributed by atoms with Crippen LogP contribution in [0.2, 0.25) is 0 Å². The average Bonchev–Trinajstić information content (AvgIpc) is 2.16. The first-order valence-corrected chi connectivity index (χ1v) is 4.14. The van der Waals surface area contributed by atoms with Gasteiger partial charge in [0.1, 0.15) is 12.2 Å². The molecule has 0 unspecified atom stereocenters. The summed E-state index contributed by atoms with van der Waals surface area (Å²) in [5.74, 6) is 2.70. The quantitative estimate of drug-likeness (QED) is 0.468. The first-order chi connectivity index (χ1) is 7.49. The Morgan fingerprint density at radius 3 is 2.75 bits per heavy atom. The van der Waals surface area contributed by atoms with E-state index >= 15 is 0 Å². The maximum Gasteiger partial charge on any atom is 0.315 e. The van der Waals surface area contributed by atoms with Crippen molar-refractivity contribution in [2.75, 3.05) is 0 Å². The van der Waals surface area contributed by atoms with E-state index in [1.807, 2.05) is 0 Å². The van der Waals surface area contributed by atoms with Crippen LogP contribution in [0.25, 0.3) is 0 Å². The molecule has 0 spiro atoms. The Bertz CT molecular complexity index is 501. The number of aliphatic carboxylic acids is 1. The molecule has 0 amide bonds. The number of hydrogen-bond acceptors (Lipinski definition) is 3. The van der Waals surface area contributed by atoms with E-state index in [0.717, 1.165) is 18.2 Å². The molecule has 0 aliphatic carbocycles. The Kier molecular flexibility index (Phi) is 3.56. The first-order valence-electron chi connectivity index (χ1n) is 4.14. The van der Waals surface area contributed by atoms with Crippen LogP contribution >= 0.6 is 0 Å². The molecule has 0 saturated heterocycles. The molecule has 0 bridgehead atoms. The topological polar surface area (TPSA) is 80.4 Å². The van der Waals surface area contributed by atoms with Crippen LogP contribution in [0.3, 0.4) is 0 Å². The van der Waals surface area contributed by atoms with Crippen molar-refractivity contribution < 1.29 is 19.2 Å². The largest absolute Gasteiger partial charge is 0.481 e. The number of nitro groups is 1. The predicted molar refractivity (Wildman–Crippen MR) is 52.2 cm³/mol. The van der Waals surface area contributed by atoms with Crippen molar-refractivity contribution in [3.63, 3.8) is 0 Å². The average molecular weight is 223 g/mol. The smallest absolute Gasteiger partial charge is 0.315 e. The normalized spacial score (nSPS) is 9.06. The third-order valence-electron chi connectivity index (χ3n) is 1.57. The Labute approximate surface area is 89.7 Å². The van der Waals surface area contributed by atoms with Crippen LogP contribution in [-0.4, -0.2) is 16.0 Å². The molecule has 0 heterocycles. The van der Waals surface area contributed by atoms with Gasteiger partial charge in [-0.3, -0.25) is 14.9 Å². The molecule has 6 heteroatoms. The lowest BCUT2D eigenvalue weighted by atomic mass is 10.2. The Morgan fingerprint density at radius 1 is 1.50 bits per heavy atom. The number of nitro benzene ring substituents is 1. The summed E-state index contributed by atoms with van der Waals surface area (Å²) in [6.45, 7) is 0. The predicted octanol–water partition coefficient (Wildman–Crippen LogP) is 1.56. The van der Waals surface area contributed by atoms with Crippen molar-refractivity contribution in [3.8, 4) is 11.8 Å². The molecule has 0 radical (unpaired) electrons. The lowest BCUT2D eigenvalue weighted by Gasteiger charge is -1.93. The summed E-state index contributed by atoms with van der Waals surface area (Å²) in [7, 11) is 0. The van der Waals surface area contributed by atoms with Gasteiger partial charge >= 0.3 is 5.97 Å². The zero-order valence-corrected chi connectivity index (χ0v) is 7.94. The minimum Gasteiger partial charge on any atom is -0.481 e. The highest BCUT2D eigenvalue weighted by molar-refractivity contribution is 5.70. The van der Waals surface area contributed by atoms with Gasteiger partial charge in [-0.1, -0.05) is 11.8 Å². The van der Waals surface area contributed by atoms with Crippen LogP contribution in [0.5, 0.6) is 0 Å². The third kappa shape index (κ3) is 3.38. The molecular weight excluding hydrogens is 217 g/mol. The molecule has 0 aliphatic heterocycles. The summed E-state index contributed by atoms with van der Waals surface area (Å²) in [5.41, 5.74) is -0.340. The van der Waals surface area contributed by atoms with E-state index < -0.39 is 28.8 Å². The van der Waals surface area contributed by atoms with Crippen LogP contribution < -0.4 is 0 Å². The molecule has 1 rings (SSSR count). The number of nitrogens with zero attached hydrogens (tertiary/aromatic N) is 1. The van der Waals surface area contributed by atoms with Crippen LogP contribution in [0.15, 0.2) is 18.2 Å². The summed E-state index contributed by atoms with van der Waals surface area (Å²) in [6.07, 6.45) is -0.399. The van der Waals surface area contributed by atoms with E-state index in [0.29, 0.717) is 0 Å². The van der Waals surface area contributed by atoms with Crippen LogP contribution in [-0.2, 0) is 4.79 Å². The summed E-state index contributed by atoms with van der Waals surface area (Å²) < 4.78 is 12.9. The van der Waals surface area contributed by atoms with E-state index in [1.54, 1.807) is 0 Å². The first kappa shape index (κ1) is 11.7. The molecule has 1 aromatic rings.